The number of amides is 1. The molecule has 0 aromatic heterocycles. The van der Waals surface area contributed by atoms with Crippen LogP contribution in [0.2, 0.25) is 0 Å². The molecule has 0 unspecified atom stereocenters. The van der Waals surface area contributed by atoms with E-state index in [4.69, 9.17) is 4.74 Å². The van der Waals surface area contributed by atoms with Crippen LogP contribution in [0.15, 0.2) is 82.4 Å². The number of aryl methyl sites for hydroxylation is 1. The lowest BCUT2D eigenvalue weighted by atomic mass is 10.1. The van der Waals surface area contributed by atoms with E-state index in [2.05, 4.69) is 26.5 Å². The molecular formula is C22H17BrN2O3. The molecule has 0 radical (unpaired) electrons. The van der Waals surface area contributed by atoms with Gasteiger partial charge in [0.05, 0.1) is 11.8 Å². The Hall–Kier alpha value is -3.25. The molecule has 3 rings (SSSR count). The minimum atomic E-state index is -0.437. The van der Waals surface area contributed by atoms with Gasteiger partial charge in [-0.2, -0.15) is 5.10 Å². The highest BCUT2D eigenvalue weighted by Crippen LogP contribution is 2.16. The normalized spacial score (nSPS) is 10.6. The van der Waals surface area contributed by atoms with Crippen LogP contribution in [-0.2, 0) is 0 Å². The van der Waals surface area contributed by atoms with Gasteiger partial charge < -0.3 is 4.74 Å². The zero-order valence-electron chi connectivity index (χ0n) is 15.1. The molecule has 5 nitrogen and oxygen atoms in total. The highest BCUT2D eigenvalue weighted by Gasteiger charge is 2.08. The Kier molecular flexibility index (Phi) is 6.34. The van der Waals surface area contributed by atoms with E-state index >= 15 is 0 Å². The molecule has 0 atom stereocenters. The number of benzene rings is 3. The highest BCUT2D eigenvalue weighted by molar-refractivity contribution is 9.10. The molecule has 140 valence electrons. The second-order valence-electron chi connectivity index (χ2n) is 6.03. The smallest absolute Gasteiger partial charge is 0.343 e. The fourth-order valence-electron chi connectivity index (χ4n) is 2.34. The van der Waals surface area contributed by atoms with Crippen molar-refractivity contribution in [1.29, 1.82) is 0 Å². The van der Waals surface area contributed by atoms with Gasteiger partial charge in [-0.15, -0.1) is 0 Å². The summed E-state index contributed by atoms with van der Waals surface area (Å²) in [4.78, 5) is 24.1. The van der Waals surface area contributed by atoms with Crippen molar-refractivity contribution in [3.05, 3.63) is 99.5 Å². The fourth-order valence-corrected chi connectivity index (χ4v) is 2.74. The third-order valence-electron chi connectivity index (χ3n) is 3.84. The van der Waals surface area contributed by atoms with E-state index in [9.17, 15) is 9.59 Å². The number of ether oxygens (including phenoxy) is 1. The molecule has 1 amide bonds. The zero-order valence-corrected chi connectivity index (χ0v) is 16.6. The molecule has 6 heteroatoms. The first-order valence-electron chi connectivity index (χ1n) is 8.49. The number of nitrogens with zero attached hydrogens (tertiary/aromatic N) is 1. The van der Waals surface area contributed by atoms with Crippen LogP contribution in [0.1, 0.15) is 31.8 Å². The third kappa shape index (κ3) is 5.37. The predicted molar refractivity (Wildman–Crippen MR) is 112 cm³/mol. The number of rotatable bonds is 5. The van der Waals surface area contributed by atoms with Crippen LogP contribution in [0, 0.1) is 6.92 Å². The summed E-state index contributed by atoms with van der Waals surface area (Å²) in [6.45, 7) is 1.96. The second-order valence-corrected chi connectivity index (χ2v) is 6.95. The molecular weight excluding hydrogens is 420 g/mol. The summed E-state index contributed by atoms with van der Waals surface area (Å²) in [5.74, 6) is -0.297. The summed E-state index contributed by atoms with van der Waals surface area (Å²) in [6, 6.07) is 21.0. The number of esters is 1. The van der Waals surface area contributed by atoms with E-state index in [0.717, 1.165) is 15.6 Å². The van der Waals surface area contributed by atoms with E-state index in [1.54, 1.807) is 54.6 Å². The van der Waals surface area contributed by atoms with Gasteiger partial charge in [0.15, 0.2) is 0 Å². The van der Waals surface area contributed by atoms with E-state index in [0.29, 0.717) is 16.9 Å². The minimum Gasteiger partial charge on any atom is -0.423 e. The Balaban J connectivity index is 1.56. The first kappa shape index (κ1) is 19.5. The largest absolute Gasteiger partial charge is 0.423 e. The van der Waals surface area contributed by atoms with Crippen molar-refractivity contribution in [1.82, 2.24) is 5.43 Å². The van der Waals surface area contributed by atoms with Crippen LogP contribution in [-0.4, -0.2) is 18.1 Å². The Bertz CT molecular complexity index is 1010. The molecule has 0 saturated heterocycles. The molecule has 1 N–H and O–H groups in total. The van der Waals surface area contributed by atoms with Gasteiger partial charge in [0.25, 0.3) is 5.91 Å². The van der Waals surface area contributed by atoms with Crippen LogP contribution in [0.5, 0.6) is 5.75 Å². The van der Waals surface area contributed by atoms with Gasteiger partial charge in [-0.25, -0.2) is 10.2 Å². The van der Waals surface area contributed by atoms with Gasteiger partial charge in [0, 0.05) is 10.0 Å². The molecule has 3 aromatic carbocycles. The summed E-state index contributed by atoms with van der Waals surface area (Å²) in [7, 11) is 0. The highest BCUT2D eigenvalue weighted by atomic mass is 79.9. The molecule has 0 fully saturated rings. The molecule has 3 aromatic rings. The van der Waals surface area contributed by atoms with Crippen LogP contribution in [0.3, 0.4) is 0 Å². The van der Waals surface area contributed by atoms with E-state index in [-0.39, 0.29) is 5.91 Å². The van der Waals surface area contributed by atoms with E-state index in [1.165, 1.54) is 6.21 Å². The number of carbonyl (C=O) groups is 2. The van der Waals surface area contributed by atoms with Gasteiger partial charge >= 0.3 is 5.97 Å². The van der Waals surface area contributed by atoms with Gasteiger partial charge in [0.2, 0.25) is 0 Å². The monoisotopic (exact) mass is 436 g/mol. The maximum atomic E-state index is 12.1. The van der Waals surface area contributed by atoms with Crippen molar-refractivity contribution >= 4 is 34.0 Å². The van der Waals surface area contributed by atoms with Gasteiger partial charge in [-0.1, -0.05) is 39.7 Å². The summed E-state index contributed by atoms with van der Waals surface area (Å²) in [6.07, 6.45) is 1.52. The lowest BCUT2D eigenvalue weighted by molar-refractivity contribution is 0.0734. The van der Waals surface area contributed by atoms with Crippen molar-refractivity contribution in [3.63, 3.8) is 0 Å². The second kappa shape index (κ2) is 9.10. The molecule has 28 heavy (non-hydrogen) atoms. The number of hydrazone groups is 1. The lowest BCUT2D eigenvalue weighted by Gasteiger charge is -2.05. The van der Waals surface area contributed by atoms with E-state index in [1.807, 2.05) is 25.1 Å². The Labute approximate surface area is 171 Å². The summed E-state index contributed by atoms with van der Waals surface area (Å²) in [5, 5.41) is 3.95. The summed E-state index contributed by atoms with van der Waals surface area (Å²) < 4.78 is 6.15. The number of carbonyl (C=O) groups excluding carboxylic acids is 2. The van der Waals surface area contributed by atoms with Crippen LogP contribution < -0.4 is 10.2 Å². The standard InChI is InChI=1S/C22H17BrN2O3/c1-15-5-9-17(10-6-15)21(26)25-24-14-16-7-11-20(12-8-16)28-22(27)18-3-2-4-19(23)13-18/h2-14H,1H3,(H,25,26). The number of nitrogens with one attached hydrogen (secondary N) is 1. The maximum Gasteiger partial charge on any atom is 0.343 e. The Morgan fingerprint density at radius 1 is 0.964 bits per heavy atom. The van der Waals surface area contributed by atoms with E-state index < -0.39 is 5.97 Å². The van der Waals surface area contributed by atoms with Crippen molar-refractivity contribution < 1.29 is 14.3 Å². The Morgan fingerprint density at radius 3 is 2.36 bits per heavy atom. The number of hydrogen-bond donors (Lipinski definition) is 1. The van der Waals surface area contributed by atoms with Crippen LogP contribution in [0.25, 0.3) is 0 Å². The fraction of sp³-hybridized carbons (Fsp3) is 0.0455. The van der Waals surface area contributed by atoms with Gasteiger partial charge in [0.1, 0.15) is 5.75 Å². The topological polar surface area (TPSA) is 67.8 Å². The molecule has 0 aliphatic rings. The maximum absolute atomic E-state index is 12.1. The number of halogens is 1. The predicted octanol–water partition coefficient (Wildman–Crippen LogP) is 4.74. The number of hydrogen-bond acceptors (Lipinski definition) is 4. The summed E-state index contributed by atoms with van der Waals surface area (Å²) in [5.41, 5.74) is 5.32. The lowest BCUT2D eigenvalue weighted by Crippen LogP contribution is -2.17. The Morgan fingerprint density at radius 2 is 1.68 bits per heavy atom. The average Bonchev–Trinajstić information content (AvgIpc) is 2.69. The first-order valence-corrected chi connectivity index (χ1v) is 9.28. The van der Waals surface area contributed by atoms with Crippen LogP contribution >= 0.6 is 15.9 Å². The van der Waals surface area contributed by atoms with Crippen molar-refractivity contribution in [2.75, 3.05) is 0 Å². The molecule has 0 aliphatic heterocycles. The molecule has 0 bridgehead atoms. The van der Waals surface area contributed by atoms with Crippen molar-refractivity contribution in [3.8, 4) is 5.75 Å². The van der Waals surface area contributed by atoms with Crippen molar-refractivity contribution in [2.45, 2.75) is 6.92 Å². The van der Waals surface area contributed by atoms with Gasteiger partial charge in [-0.3, -0.25) is 4.79 Å². The zero-order chi connectivity index (χ0) is 19.9. The van der Waals surface area contributed by atoms with Gasteiger partial charge in [-0.05, 0) is 67.1 Å². The summed E-state index contributed by atoms with van der Waals surface area (Å²) >= 11 is 3.33. The molecule has 0 saturated carbocycles. The molecule has 0 spiro atoms. The van der Waals surface area contributed by atoms with Crippen molar-refractivity contribution in [2.24, 2.45) is 5.10 Å². The molecule has 0 heterocycles. The third-order valence-corrected chi connectivity index (χ3v) is 4.34. The molecule has 0 aliphatic carbocycles. The first-order chi connectivity index (χ1) is 13.5. The quantitative estimate of drug-likeness (QED) is 0.271. The average molecular weight is 437 g/mol. The van der Waals surface area contributed by atoms with Crippen LogP contribution in [0.4, 0.5) is 0 Å². The minimum absolute atomic E-state index is 0.282. The SMILES string of the molecule is Cc1ccc(C(=O)NN=Cc2ccc(OC(=O)c3cccc(Br)c3)cc2)cc1.